The summed E-state index contributed by atoms with van der Waals surface area (Å²) in [6.07, 6.45) is 1.07. The lowest BCUT2D eigenvalue weighted by Crippen LogP contribution is -3.11. The van der Waals surface area contributed by atoms with E-state index in [1.165, 1.54) is 16.7 Å². The number of nitrogens with one attached hydrogen (secondary N) is 1. The molecular formula is C21H25ClN2O. The zero-order valence-corrected chi connectivity index (χ0v) is 15.8. The molecule has 1 saturated heterocycles. The summed E-state index contributed by atoms with van der Waals surface area (Å²) in [6.45, 7) is 6.43. The number of aryl methyl sites for hydroxylation is 2. The zero-order chi connectivity index (χ0) is 16.8. The second-order valence-electron chi connectivity index (χ2n) is 7.48. The Kier molecular flexibility index (Phi) is 4.90. The van der Waals surface area contributed by atoms with E-state index in [9.17, 15) is 4.79 Å². The predicted molar refractivity (Wildman–Crippen MR) is 96.9 cm³/mol. The number of quaternary nitrogens is 1. The van der Waals surface area contributed by atoms with E-state index in [0.717, 1.165) is 30.8 Å². The van der Waals surface area contributed by atoms with E-state index >= 15 is 0 Å². The van der Waals surface area contributed by atoms with Crippen molar-refractivity contribution in [1.82, 2.24) is 0 Å². The lowest BCUT2D eigenvalue weighted by atomic mass is 9.88. The van der Waals surface area contributed by atoms with Crippen molar-refractivity contribution in [2.24, 2.45) is 0 Å². The third kappa shape index (κ3) is 3.07. The minimum Gasteiger partial charge on any atom is -1.00 e. The van der Waals surface area contributed by atoms with Crippen LogP contribution >= 0.6 is 0 Å². The molecule has 0 spiro atoms. The molecule has 1 amide bonds. The normalized spacial score (nSPS) is 24.3. The number of piperidine rings is 1. The molecule has 0 radical (unpaired) electrons. The molecular weight excluding hydrogens is 332 g/mol. The molecule has 0 bridgehead atoms. The van der Waals surface area contributed by atoms with Gasteiger partial charge in [-0.1, -0.05) is 35.4 Å². The van der Waals surface area contributed by atoms with Crippen LogP contribution in [0.2, 0.25) is 0 Å². The standard InChI is InChI=1S/C21H24N2O.ClH/c1-14-4-7-16(8-5-14)21(24)23-19-9-6-15(2)12-17(19)18-13-22(3)11-10-20(18)23;/h4-9,12,18,20H,10-11,13H2,1-3H3;1H/t18-,20-;/m0./s1. The van der Waals surface area contributed by atoms with Gasteiger partial charge in [0.1, 0.15) is 0 Å². The van der Waals surface area contributed by atoms with Crippen LogP contribution < -0.4 is 22.2 Å². The van der Waals surface area contributed by atoms with Gasteiger partial charge in [-0.2, -0.15) is 0 Å². The summed E-state index contributed by atoms with van der Waals surface area (Å²) in [4.78, 5) is 16.9. The van der Waals surface area contributed by atoms with E-state index in [0.29, 0.717) is 12.0 Å². The number of rotatable bonds is 1. The number of amides is 1. The molecule has 132 valence electrons. The monoisotopic (exact) mass is 356 g/mol. The van der Waals surface area contributed by atoms with Crippen LogP contribution in [0.3, 0.4) is 0 Å². The number of hydrogen-bond donors (Lipinski definition) is 1. The number of likely N-dealkylation sites (tertiary alicyclic amines) is 1. The first kappa shape index (κ1) is 18.0. The summed E-state index contributed by atoms with van der Waals surface area (Å²) in [5.74, 6) is 0.607. The Morgan fingerprint density at radius 2 is 1.76 bits per heavy atom. The van der Waals surface area contributed by atoms with E-state index < -0.39 is 0 Å². The zero-order valence-electron chi connectivity index (χ0n) is 15.1. The van der Waals surface area contributed by atoms with Gasteiger partial charge in [0.05, 0.1) is 32.1 Å². The average molecular weight is 357 g/mol. The summed E-state index contributed by atoms with van der Waals surface area (Å²) >= 11 is 0. The van der Waals surface area contributed by atoms with E-state index in [-0.39, 0.29) is 18.3 Å². The number of nitrogens with zero attached hydrogens (tertiary/aromatic N) is 1. The van der Waals surface area contributed by atoms with Crippen LogP contribution in [-0.2, 0) is 0 Å². The molecule has 3 nitrogen and oxygen atoms in total. The largest absolute Gasteiger partial charge is 1.00 e. The number of carbonyl (C=O) groups excluding carboxylic acids is 1. The Hall–Kier alpha value is -1.84. The van der Waals surface area contributed by atoms with Gasteiger partial charge < -0.3 is 22.2 Å². The number of benzene rings is 2. The van der Waals surface area contributed by atoms with Gasteiger partial charge in [0.2, 0.25) is 0 Å². The highest BCUT2D eigenvalue weighted by molar-refractivity contribution is 6.08. The molecule has 25 heavy (non-hydrogen) atoms. The number of likely N-dealkylation sites (N-methyl/N-ethyl adjacent to an activating group) is 1. The molecule has 1 N–H and O–H groups in total. The second kappa shape index (κ2) is 6.81. The highest BCUT2D eigenvalue weighted by Crippen LogP contribution is 2.43. The molecule has 3 atom stereocenters. The lowest BCUT2D eigenvalue weighted by molar-refractivity contribution is -0.886. The fourth-order valence-electron chi connectivity index (χ4n) is 4.30. The van der Waals surface area contributed by atoms with Crippen molar-refractivity contribution in [2.45, 2.75) is 32.2 Å². The molecule has 1 unspecified atom stereocenters. The average Bonchev–Trinajstić information content (AvgIpc) is 2.88. The molecule has 4 rings (SSSR count). The Morgan fingerprint density at radius 1 is 1.08 bits per heavy atom. The van der Waals surface area contributed by atoms with Gasteiger partial charge in [0.15, 0.2) is 0 Å². The van der Waals surface area contributed by atoms with Crippen LogP contribution in [0.4, 0.5) is 5.69 Å². The number of halogens is 1. The fourth-order valence-corrected chi connectivity index (χ4v) is 4.30. The van der Waals surface area contributed by atoms with E-state index in [1.54, 1.807) is 4.90 Å². The minimum absolute atomic E-state index is 0. The van der Waals surface area contributed by atoms with Gasteiger partial charge in [-0.05, 0) is 37.6 Å². The molecule has 2 heterocycles. The van der Waals surface area contributed by atoms with Crippen LogP contribution in [0.15, 0.2) is 42.5 Å². The fraction of sp³-hybridized carbons (Fsp3) is 0.381. The molecule has 2 aliphatic rings. The van der Waals surface area contributed by atoms with Crippen molar-refractivity contribution in [3.8, 4) is 0 Å². The summed E-state index contributed by atoms with van der Waals surface area (Å²) in [6, 6.07) is 14.8. The molecule has 0 saturated carbocycles. The minimum atomic E-state index is 0. The van der Waals surface area contributed by atoms with Crippen molar-refractivity contribution in [3.63, 3.8) is 0 Å². The summed E-state index contributed by atoms with van der Waals surface area (Å²) in [5.41, 5.74) is 5.74. The Balaban J connectivity index is 0.00000182. The van der Waals surface area contributed by atoms with Gasteiger partial charge >= 0.3 is 0 Å². The maximum absolute atomic E-state index is 13.3. The molecule has 2 aromatic carbocycles. The van der Waals surface area contributed by atoms with Crippen molar-refractivity contribution in [3.05, 3.63) is 64.7 Å². The van der Waals surface area contributed by atoms with Crippen molar-refractivity contribution >= 4 is 11.6 Å². The highest BCUT2D eigenvalue weighted by atomic mass is 35.5. The molecule has 2 aliphatic heterocycles. The van der Waals surface area contributed by atoms with Crippen LogP contribution in [0.1, 0.15) is 39.4 Å². The first-order valence-electron chi connectivity index (χ1n) is 8.86. The Bertz CT molecular complexity index is 787. The maximum Gasteiger partial charge on any atom is 0.258 e. The van der Waals surface area contributed by atoms with E-state index in [4.69, 9.17) is 0 Å². The lowest BCUT2D eigenvalue weighted by Gasteiger charge is -2.34. The van der Waals surface area contributed by atoms with Gasteiger partial charge in [-0.15, -0.1) is 0 Å². The predicted octanol–water partition coefficient (Wildman–Crippen LogP) is -0.662. The van der Waals surface area contributed by atoms with Crippen LogP contribution in [0, 0.1) is 13.8 Å². The number of carbonyl (C=O) groups is 1. The van der Waals surface area contributed by atoms with Gasteiger partial charge in [-0.3, -0.25) is 4.79 Å². The summed E-state index contributed by atoms with van der Waals surface area (Å²) < 4.78 is 0. The van der Waals surface area contributed by atoms with Crippen molar-refractivity contribution < 1.29 is 22.1 Å². The SMILES string of the molecule is Cc1ccc(C(=O)N2c3ccc(C)cc3[C@@H]3C[NH+](C)CC[C@@H]32)cc1.[Cl-]. The van der Waals surface area contributed by atoms with E-state index in [1.807, 2.05) is 24.3 Å². The van der Waals surface area contributed by atoms with Crippen LogP contribution in [0.25, 0.3) is 0 Å². The second-order valence-corrected chi connectivity index (χ2v) is 7.48. The third-order valence-electron chi connectivity index (χ3n) is 5.59. The molecule has 1 fully saturated rings. The number of anilines is 1. The quantitative estimate of drug-likeness (QED) is 0.721. The number of hydrogen-bond acceptors (Lipinski definition) is 1. The first-order valence-corrected chi connectivity index (χ1v) is 8.86. The Morgan fingerprint density at radius 3 is 2.48 bits per heavy atom. The van der Waals surface area contributed by atoms with Gasteiger partial charge in [0, 0.05) is 17.7 Å². The van der Waals surface area contributed by atoms with Crippen LogP contribution in [-0.4, -0.2) is 32.1 Å². The molecule has 2 aromatic rings. The van der Waals surface area contributed by atoms with Crippen molar-refractivity contribution in [2.75, 3.05) is 25.0 Å². The van der Waals surface area contributed by atoms with Gasteiger partial charge in [-0.25, -0.2) is 0 Å². The first-order chi connectivity index (χ1) is 11.5. The Labute approximate surface area is 156 Å². The van der Waals surface area contributed by atoms with Crippen LogP contribution in [0.5, 0.6) is 0 Å². The third-order valence-corrected chi connectivity index (χ3v) is 5.59. The van der Waals surface area contributed by atoms with Gasteiger partial charge in [0.25, 0.3) is 5.91 Å². The maximum atomic E-state index is 13.3. The van der Waals surface area contributed by atoms with Crippen molar-refractivity contribution in [1.29, 1.82) is 0 Å². The summed E-state index contributed by atoms with van der Waals surface area (Å²) in [5, 5.41) is 0. The topological polar surface area (TPSA) is 24.8 Å². The molecule has 4 heteroatoms. The number of fused-ring (bicyclic) bond motifs is 3. The smallest absolute Gasteiger partial charge is 0.258 e. The molecule has 0 aromatic heterocycles. The molecule has 0 aliphatic carbocycles. The van der Waals surface area contributed by atoms with E-state index in [2.05, 4.69) is 44.0 Å². The highest BCUT2D eigenvalue weighted by Gasteiger charge is 2.45. The summed E-state index contributed by atoms with van der Waals surface area (Å²) in [7, 11) is 2.26.